The number of hydrogen-bond donors (Lipinski definition) is 2. The summed E-state index contributed by atoms with van der Waals surface area (Å²) in [4.78, 5) is 22.1. The number of amides is 1. The van der Waals surface area contributed by atoms with Crippen LogP contribution in [0.1, 0.15) is 29.4 Å². The summed E-state index contributed by atoms with van der Waals surface area (Å²) in [5.41, 5.74) is 4.02. The first-order valence-electron chi connectivity index (χ1n) is 10.6. The van der Waals surface area contributed by atoms with Gasteiger partial charge in [-0.25, -0.2) is 18.7 Å². The average Bonchev–Trinajstić information content (AvgIpc) is 2.78. The van der Waals surface area contributed by atoms with E-state index >= 15 is 0 Å². The number of halogens is 2. The molecule has 3 aromatic rings. The number of hydrogen-bond acceptors (Lipinski definition) is 5. The summed E-state index contributed by atoms with van der Waals surface area (Å²) < 4.78 is 29.2. The molecular formula is C25H27F2N5O. The van der Waals surface area contributed by atoms with Crippen LogP contribution < -0.4 is 15.5 Å². The number of aromatic nitrogens is 2. The van der Waals surface area contributed by atoms with Crippen molar-refractivity contribution in [1.82, 2.24) is 20.6 Å². The molecule has 6 nitrogen and oxygen atoms in total. The SMILES string of the molecule is C=C(NCC)c1ccc(C)c(-c2nc(C)nc(N(C=O)c3c(F)cccc3F)c2CNC)c1. The molecule has 0 bridgehead atoms. The summed E-state index contributed by atoms with van der Waals surface area (Å²) in [5, 5.41) is 6.26. The second-order valence-corrected chi connectivity index (χ2v) is 7.54. The maximum atomic E-state index is 14.6. The highest BCUT2D eigenvalue weighted by Crippen LogP contribution is 2.36. The van der Waals surface area contributed by atoms with Crippen molar-refractivity contribution in [2.75, 3.05) is 18.5 Å². The number of nitrogens with one attached hydrogen (secondary N) is 2. The normalized spacial score (nSPS) is 10.7. The predicted octanol–water partition coefficient (Wildman–Crippen LogP) is 4.63. The van der Waals surface area contributed by atoms with Gasteiger partial charge in [0.25, 0.3) is 0 Å². The van der Waals surface area contributed by atoms with Crippen LogP contribution in [-0.4, -0.2) is 30.0 Å². The quantitative estimate of drug-likeness (QED) is 0.464. The molecule has 1 heterocycles. The maximum absolute atomic E-state index is 14.6. The van der Waals surface area contributed by atoms with Crippen LogP contribution in [0.25, 0.3) is 17.0 Å². The molecule has 8 heteroatoms. The number of para-hydroxylation sites is 1. The smallest absolute Gasteiger partial charge is 0.220 e. The summed E-state index contributed by atoms with van der Waals surface area (Å²) in [7, 11) is 1.73. The zero-order valence-electron chi connectivity index (χ0n) is 19.2. The fraction of sp³-hybridized carbons (Fsp3) is 0.240. The molecule has 2 N–H and O–H groups in total. The minimum absolute atomic E-state index is 0.112. The molecular weight excluding hydrogens is 424 g/mol. The molecule has 0 aliphatic rings. The van der Waals surface area contributed by atoms with Crippen LogP contribution >= 0.6 is 0 Å². The van der Waals surface area contributed by atoms with E-state index in [0.29, 0.717) is 23.5 Å². The van der Waals surface area contributed by atoms with E-state index in [1.54, 1.807) is 14.0 Å². The minimum Gasteiger partial charge on any atom is -0.385 e. The Morgan fingerprint density at radius 3 is 2.45 bits per heavy atom. The number of carbonyl (C=O) groups is 1. The fourth-order valence-corrected chi connectivity index (χ4v) is 3.65. The number of rotatable bonds is 9. The van der Waals surface area contributed by atoms with Crippen LogP contribution in [0.3, 0.4) is 0 Å². The van der Waals surface area contributed by atoms with Crippen LogP contribution in [0, 0.1) is 25.5 Å². The van der Waals surface area contributed by atoms with Gasteiger partial charge >= 0.3 is 0 Å². The molecule has 33 heavy (non-hydrogen) atoms. The van der Waals surface area contributed by atoms with E-state index < -0.39 is 17.3 Å². The van der Waals surface area contributed by atoms with E-state index in [1.807, 2.05) is 32.0 Å². The molecule has 3 rings (SSSR count). The third-order valence-electron chi connectivity index (χ3n) is 5.19. The molecule has 0 aliphatic carbocycles. The van der Waals surface area contributed by atoms with Gasteiger partial charge in [-0.2, -0.15) is 0 Å². The lowest BCUT2D eigenvalue weighted by molar-refractivity contribution is -0.106. The van der Waals surface area contributed by atoms with Crippen molar-refractivity contribution in [2.24, 2.45) is 0 Å². The first kappa shape index (κ1) is 24.0. The molecule has 0 fully saturated rings. The maximum Gasteiger partial charge on any atom is 0.220 e. The van der Waals surface area contributed by atoms with Gasteiger partial charge in [-0.3, -0.25) is 9.69 Å². The van der Waals surface area contributed by atoms with E-state index in [4.69, 9.17) is 0 Å². The molecule has 1 amide bonds. The molecule has 1 aromatic heterocycles. The molecule has 0 saturated heterocycles. The number of anilines is 2. The van der Waals surface area contributed by atoms with Crippen LogP contribution in [0.15, 0.2) is 43.0 Å². The lowest BCUT2D eigenvalue weighted by Crippen LogP contribution is -2.23. The van der Waals surface area contributed by atoms with Crippen molar-refractivity contribution in [3.05, 3.63) is 77.1 Å². The second kappa shape index (κ2) is 10.3. The number of nitrogens with zero attached hydrogens (tertiary/aromatic N) is 3. The number of benzene rings is 2. The molecule has 0 radical (unpaired) electrons. The Balaban J connectivity index is 2.29. The summed E-state index contributed by atoms with van der Waals surface area (Å²) in [6, 6.07) is 9.32. The van der Waals surface area contributed by atoms with Crippen LogP contribution in [-0.2, 0) is 11.3 Å². The second-order valence-electron chi connectivity index (χ2n) is 7.54. The predicted molar refractivity (Wildman–Crippen MR) is 127 cm³/mol. The monoisotopic (exact) mass is 451 g/mol. The third-order valence-corrected chi connectivity index (χ3v) is 5.19. The highest BCUT2D eigenvalue weighted by atomic mass is 19.1. The highest BCUT2D eigenvalue weighted by molar-refractivity contribution is 5.89. The Bertz CT molecular complexity index is 1180. The Kier molecular flexibility index (Phi) is 7.50. The van der Waals surface area contributed by atoms with Crippen LogP contribution in [0.2, 0.25) is 0 Å². The van der Waals surface area contributed by atoms with Crippen molar-refractivity contribution in [3.8, 4) is 11.3 Å². The Labute approximate surface area is 192 Å². The minimum atomic E-state index is -0.865. The largest absolute Gasteiger partial charge is 0.385 e. The van der Waals surface area contributed by atoms with Crippen molar-refractivity contribution < 1.29 is 13.6 Å². The zero-order chi connectivity index (χ0) is 24.1. The Hall–Kier alpha value is -3.65. The van der Waals surface area contributed by atoms with Gasteiger partial charge in [-0.1, -0.05) is 24.8 Å². The van der Waals surface area contributed by atoms with Gasteiger partial charge in [0.15, 0.2) is 0 Å². The topological polar surface area (TPSA) is 70.2 Å². The summed E-state index contributed by atoms with van der Waals surface area (Å²) >= 11 is 0. The van der Waals surface area contributed by atoms with E-state index in [2.05, 4.69) is 27.2 Å². The third kappa shape index (κ3) is 4.90. The molecule has 2 aromatic carbocycles. The molecule has 0 aliphatic heterocycles. The lowest BCUT2D eigenvalue weighted by atomic mass is 9.97. The molecule has 0 spiro atoms. The first-order valence-corrected chi connectivity index (χ1v) is 10.6. The van der Waals surface area contributed by atoms with Gasteiger partial charge in [0.1, 0.15) is 29.0 Å². The average molecular weight is 452 g/mol. The number of aryl methyl sites for hydroxylation is 2. The van der Waals surface area contributed by atoms with Gasteiger partial charge < -0.3 is 10.6 Å². The van der Waals surface area contributed by atoms with Gasteiger partial charge in [0.05, 0.1) is 5.69 Å². The molecule has 0 saturated carbocycles. The van der Waals surface area contributed by atoms with Crippen LogP contribution in [0.4, 0.5) is 20.3 Å². The van der Waals surface area contributed by atoms with E-state index in [1.165, 1.54) is 6.07 Å². The summed E-state index contributed by atoms with van der Waals surface area (Å²) in [6.45, 7) is 10.7. The highest BCUT2D eigenvalue weighted by Gasteiger charge is 2.25. The van der Waals surface area contributed by atoms with Gasteiger partial charge in [0.2, 0.25) is 6.41 Å². The van der Waals surface area contributed by atoms with Gasteiger partial charge in [0, 0.05) is 29.9 Å². The number of carbonyl (C=O) groups excluding carboxylic acids is 1. The molecule has 172 valence electrons. The van der Waals surface area contributed by atoms with Gasteiger partial charge in [-0.05, 0) is 57.1 Å². The fourth-order valence-electron chi connectivity index (χ4n) is 3.65. The summed E-state index contributed by atoms with van der Waals surface area (Å²) in [5.74, 6) is -1.26. The Morgan fingerprint density at radius 2 is 1.85 bits per heavy atom. The molecule has 0 unspecified atom stereocenters. The first-order chi connectivity index (χ1) is 15.8. The van der Waals surface area contributed by atoms with Crippen molar-refractivity contribution >= 4 is 23.6 Å². The Morgan fingerprint density at radius 1 is 1.15 bits per heavy atom. The standard InChI is InChI=1S/C25H27F2N5O/c1-6-29-16(3)18-11-10-15(2)19(12-18)23-20(13-28-5)25(31-17(4)30-23)32(14-33)24-21(26)8-7-9-22(24)27/h7-12,14,28-29H,3,6,13H2,1-2,4-5H3. The van der Waals surface area contributed by atoms with Crippen molar-refractivity contribution in [3.63, 3.8) is 0 Å². The van der Waals surface area contributed by atoms with Crippen LogP contribution in [0.5, 0.6) is 0 Å². The van der Waals surface area contributed by atoms with Gasteiger partial charge in [-0.15, -0.1) is 0 Å². The van der Waals surface area contributed by atoms with E-state index in [-0.39, 0.29) is 12.4 Å². The summed E-state index contributed by atoms with van der Waals surface area (Å²) in [6.07, 6.45) is 0.364. The van der Waals surface area contributed by atoms with E-state index in [0.717, 1.165) is 46.0 Å². The molecule has 0 atom stereocenters. The zero-order valence-corrected chi connectivity index (χ0v) is 19.2. The van der Waals surface area contributed by atoms with E-state index in [9.17, 15) is 13.6 Å². The lowest BCUT2D eigenvalue weighted by Gasteiger charge is -2.23. The van der Waals surface area contributed by atoms with Crippen molar-refractivity contribution in [1.29, 1.82) is 0 Å². The van der Waals surface area contributed by atoms with Crippen molar-refractivity contribution in [2.45, 2.75) is 27.3 Å².